The van der Waals surface area contributed by atoms with Crippen LogP contribution in [0.4, 0.5) is 26.6 Å². The molecular weight excluding hydrogens is 427 g/mol. The Morgan fingerprint density at radius 2 is 1.85 bits per heavy atom. The van der Waals surface area contributed by atoms with Crippen molar-refractivity contribution in [3.63, 3.8) is 0 Å². The summed E-state index contributed by atoms with van der Waals surface area (Å²) >= 11 is 0. The second kappa shape index (κ2) is 8.26. The first kappa shape index (κ1) is 21.6. The van der Waals surface area contributed by atoms with E-state index in [4.69, 9.17) is 15.5 Å². The van der Waals surface area contributed by atoms with Gasteiger partial charge in [-0.05, 0) is 44.9 Å². The summed E-state index contributed by atoms with van der Waals surface area (Å²) in [5.41, 5.74) is 8.08. The van der Waals surface area contributed by atoms with Crippen LogP contribution in [0.3, 0.4) is 0 Å². The first-order chi connectivity index (χ1) is 15.9. The van der Waals surface area contributed by atoms with Crippen molar-refractivity contribution in [3.8, 4) is 0 Å². The number of nitrogens with two attached hydrogens (primary N) is 1. The number of alkyl halides is 1. The van der Waals surface area contributed by atoms with Crippen LogP contribution in [0.1, 0.15) is 48.3 Å². The van der Waals surface area contributed by atoms with Gasteiger partial charge in [-0.2, -0.15) is 0 Å². The highest BCUT2D eigenvalue weighted by molar-refractivity contribution is 6.10. The highest BCUT2D eigenvalue weighted by Crippen LogP contribution is 2.36. The summed E-state index contributed by atoms with van der Waals surface area (Å²) in [7, 11) is 0. The molecule has 2 saturated heterocycles. The molecule has 0 spiro atoms. The van der Waals surface area contributed by atoms with Crippen molar-refractivity contribution in [2.45, 2.75) is 57.9 Å². The van der Waals surface area contributed by atoms with E-state index in [1.54, 1.807) is 23.1 Å². The average Bonchev–Trinajstić information content (AvgIpc) is 3.47. The van der Waals surface area contributed by atoms with E-state index in [9.17, 15) is 14.0 Å². The van der Waals surface area contributed by atoms with Crippen molar-refractivity contribution in [1.82, 2.24) is 9.97 Å². The summed E-state index contributed by atoms with van der Waals surface area (Å²) in [4.78, 5) is 39.9. The molecule has 10 heteroatoms. The van der Waals surface area contributed by atoms with Gasteiger partial charge in [-0.25, -0.2) is 19.2 Å². The zero-order chi connectivity index (χ0) is 23.3. The Labute approximate surface area is 191 Å². The van der Waals surface area contributed by atoms with Crippen molar-refractivity contribution >= 4 is 29.5 Å². The van der Waals surface area contributed by atoms with Gasteiger partial charge >= 0.3 is 6.09 Å². The number of cyclic esters (lactones) is 1. The molecule has 5 heterocycles. The largest absolute Gasteiger partial charge is 0.447 e. The van der Waals surface area contributed by atoms with Gasteiger partial charge in [0, 0.05) is 24.2 Å². The third-order valence-corrected chi connectivity index (χ3v) is 6.78. The third-order valence-electron chi connectivity index (χ3n) is 6.78. The summed E-state index contributed by atoms with van der Waals surface area (Å²) in [5.74, 6) is 1.20. The Kier molecular flexibility index (Phi) is 5.40. The van der Waals surface area contributed by atoms with Gasteiger partial charge in [-0.3, -0.25) is 14.6 Å². The molecule has 3 atom stereocenters. The predicted octanol–water partition coefficient (Wildman–Crippen LogP) is 2.77. The number of fused-ring (bicyclic) bond motifs is 1. The van der Waals surface area contributed by atoms with Gasteiger partial charge < -0.3 is 15.4 Å². The molecule has 0 aliphatic carbocycles. The van der Waals surface area contributed by atoms with Crippen molar-refractivity contribution in [2.75, 3.05) is 28.0 Å². The fraction of sp³-hybridized carbons (Fsp3) is 0.478. The molecule has 3 aliphatic heterocycles. The maximum atomic E-state index is 13.4. The normalized spacial score (nSPS) is 24.6. The topological polar surface area (TPSA) is 105 Å². The lowest BCUT2D eigenvalue weighted by Gasteiger charge is -2.28. The van der Waals surface area contributed by atoms with E-state index in [0.717, 1.165) is 24.2 Å². The Bertz CT molecular complexity index is 1100. The minimum absolute atomic E-state index is 0.0308. The number of carbonyl (C=O) groups excluding carboxylic acids is 2. The molecule has 2 N–H and O–H groups in total. The molecule has 3 aliphatic rings. The smallest absolute Gasteiger partial charge is 0.416 e. The number of anilines is 3. The number of ether oxygens (including phenoxy) is 1. The molecule has 2 fully saturated rings. The van der Waals surface area contributed by atoms with Crippen LogP contribution in [-0.4, -0.2) is 53.4 Å². The van der Waals surface area contributed by atoms with Crippen molar-refractivity contribution in [2.24, 2.45) is 5.73 Å². The van der Waals surface area contributed by atoms with Crippen molar-refractivity contribution in [3.05, 3.63) is 41.1 Å². The standard InChI is InChI=1S/C23H27FN6O3/c1-13-6-7-14(2)29(13)21-8-16-17(18(10-25)26-21)11-28(22(16)31)19-4-3-5-20(27-19)30-15(9-24)12-33-23(30)32/h3-5,8,13-15H,6-7,9-12,25H2,1-2H3/t13-,14-,15+/m1/s1. The predicted molar refractivity (Wildman–Crippen MR) is 121 cm³/mol. The molecule has 0 bridgehead atoms. The number of rotatable bonds is 5. The molecule has 0 unspecified atom stereocenters. The van der Waals surface area contributed by atoms with Gasteiger partial charge in [0.1, 0.15) is 36.8 Å². The fourth-order valence-electron chi connectivity index (χ4n) is 5.04. The maximum absolute atomic E-state index is 13.4. The minimum atomic E-state index is -0.743. The Hall–Kier alpha value is -3.27. The van der Waals surface area contributed by atoms with Crippen LogP contribution in [0.2, 0.25) is 0 Å². The van der Waals surface area contributed by atoms with E-state index in [2.05, 4.69) is 23.7 Å². The molecule has 2 amide bonds. The lowest BCUT2D eigenvalue weighted by atomic mass is 10.1. The first-order valence-corrected chi connectivity index (χ1v) is 11.2. The zero-order valence-electron chi connectivity index (χ0n) is 18.7. The van der Waals surface area contributed by atoms with Crippen LogP contribution in [0.15, 0.2) is 24.3 Å². The number of pyridine rings is 2. The van der Waals surface area contributed by atoms with Crippen molar-refractivity contribution < 1.29 is 18.7 Å². The fourth-order valence-corrected chi connectivity index (χ4v) is 5.04. The van der Waals surface area contributed by atoms with E-state index in [-0.39, 0.29) is 31.4 Å². The Balaban J connectivity index is 1.49. The number of halogens is 1. The van der Waals surface area contributed by atoms with Crippen LogP contribution in [0.25, 0.3) is 0 Å². The molecular formula is C23H27FN6O3. The van der Waals surface area contributed by atoms with Crippen LogP contribution in [0, 0.1) is 0 Å². The molecule has 9 nitrogen and oxygen atoms in total. The van der Waals surface area contributed by atoms with Gasteiger partial charge in [-0.1, -0.05) is 6.07 Å². The summed E-state index contributed by atoms with van der Waals surface area (Å²) in [6.45, 7) is 4.06. The molecule has 0 radical (unpaired) electrons. The molecule has 2 aromatic rings. The monoisotopic (exact) mass is 454 g/mol. The molecule has 2 aromatic heterocycles. The Morgan fingerprint density at radius 1 is 1.12 bits per heavy atom. The molecule has 174 valence electrons. The van der Waals surface area contributed by atoms with Crippen LogP contribution >= 0.6 is 0 Å². The highest BCUT2D eigenvalue weighted by Gasteiger charge is 2.38. The number of aromatic nitrogens is 2. The van der Waals surface area contributed by atoms with E-state index in [1.165, 1.54) is 4.90 Å². The quantitative estimate of drug-likeness (QED) is 0.741. The van der Waals surface area contributed by atoms with Gasteiger partial charge in [-0.15, -0.1) is 0 Å². The molecule has 0 aromatic carbocycles. The summed E-state index contributed by atoms with van der Waals surface area (Å²) < 4.78 is 18.3. The number of hydrogen-bond donors (Lipinski definition) is 1. The highest BCUT2D eigenvalue weighted by atomic mass is 19.1. The van der Waals surface area contributed by atoms with Gasteiger partial charge in [0.05, 0.1) is 17.8 Å². The van der Waals surface area contributed by atoms with E-state index >= 15 is 0 Å². The second-order valence-electron chi connectivity index (χ2n) is 8.84. The molecule has 33 heavy (non-hydrogen) atoms. The van der Waals surface area contributed by atoms with Gasteiger partial charge in [0.25, 0.3) is 5.91 Å². The van der Waals surface area contributed by atoms with E-state index in [0.29, 0.717) is 29.2 Å². The summed E-state index contributed by atoms with van der Waals surface area (Å²) in [5, 5.41) is 0. The van der Waals surface area contributed by atoms with Crippen molar-refractivity contribution in [1.29, 1.82) is 0 Å². The Morgan fingerprint density at radius 3 is 2.55 bits per heavy atom. The second-order valence-corrected chi connectivity index (χ2v) is 8.84. The van der Waals surface area contributed by atoms with Crippen LogP contribution in [0.5, 0.6) is 0 Å². The van der Waals surface area contributed by atoms with Gasteiger partial charge in [0.15, 0.2) is 0 Å². The first-order valence-electron chi connectivity index (χ1n) is 11.2. The number of nitrogens with zero attached hydrogens (tertiary/aromatic N) is 5. The maximum Gasteiger partial charge on any atom is 0.416 e. The van der Waals surface area contributed by atoms with Crippen LogP contribution in [-0.2, 0) is 17.8 Å². The number of amides is 2. The number of hydrogen-bond acceptors (Lipinski definition) is 7. The number of carbonyl (C=O) groups is 2. The third kappa shape index (κ3) is 3.49. The SMILES string of the molecule is C[C@@H]1CC[C@@H](C)N1c1cc2c(c(CN)n1)CN(c1cccc(N3C(=O)OC[C@@H]3CF)n1)C2=O. The molecule has 5 rings (SSSR count). The zero-order valence-corrected chi connectivity index (χ0v) is 18.7. The average molecular weight is 455 g/mol. The van der Waals surface area contributed by atoms with Gasteiger partial charge in [0.2, 0.25) is 0 Å². The molecule has 0 saturated carbocycles. The minimum Gasteiger partial charge on any atom is -0.447 e. The lowest BCUT2D eigenvalue weighted by Crippen LogP contribution is -2.36. The summed E-state index contributed by atoms with van der Waals surface area (Å²) in [6.07, 6.45) is 1.51. The van der Waals surface area contributed by atoms with E-state index < -0.39 is 18.8 Å². The lowest BCUT2D eigenvalue weighted by molar-refractivity contribution is 0.0996. The summed E-state index contributed by atoms with van der Waals surface area (Å²) in [6, 6.07) is 6.79. The van der Waals surface area contributed by atoms with E-state index in [1.807, 2.05) is 6.07 Å². The van der Waals surface area contributed by atoms with Crippen LogP contribution < -0.4 is 20.4 Å².